The molecule has 5 heteroatoms. The molecule has 0 aromatic carbocycles. The number of aryl methyl sites for hydroxylation is 3. The highest BCUT2D eigenvalue weighted by molar-refractivity contribution is 7.09. The fourth-order valence-electron chi connectivity index (χ4n) is 2.31. The zero-order valence-corrected chi connectivity index (χ0v) is 12.9. The highest BCUT2D eigenvalue weighted by atomic mass is 32.1. The summed E-state index contributed by atoms with van der Waals surface area (Å²) in [4.78, 5) is 5.67. The molecule has 0 aliphatic rings. The Morgan fingerprint density at radius 1 is 1.42 bits per heavy atom. The Morgan fingerprint density at radius 2 is 2.21 bits per heavy atom. The zero-order valence-electron chi connectivity index (χ0n) is 12.1. The van der Waals surface area contributed by atoms with E-state index in [1.54, 1.807) is 11.3 Å². The van der Waals surface area contributed by atoms with E-state index in [-0.39, 0.29) is 0 Å². The number of nitrogens with zero attached hydrogens (tertiary/aromatic N) is 3. The van der Waals surface area contributed by atoms with Gasteiger partial charge in [-0.25, -0.2) is 4.98 Å². The first-order chi connectivity index (χ1) is 9.19. The second-order valence-electron chi connectivity index (χ2n) is 4.64. The summed E-state index contributed by atoms with van der Waals surface area (Å²) in [7, 11) is 2.01. The van der Waals surface area contributed by atoms with Gasteiger partial charge in [0.2, 0.25) is 0 Å². The van der Waals surface area contributed by atoms with E-state index in [0.29, 0.717) is 6.04 Å². The molecular formula is C14H22N4S. The Labute approximate surface area is 118 Å². The number of likely N-dealkylation sites (N-methyl/N-ethyl adjacent to an activating group) is 1. The van der Waals surface area contributed by atoms with Crippen molar-refractivity contribution in [2.24, 2.45) is 0 Å². The van der Waals surface area contributed by atoms with E-state index in [1.165, 1.54) is 16.3 Å². The van der Waals surface area contributed by atoms with Crippen LogP contribution in [0.1, 0.15) is 41.8 Å². The van der Waals surface area contributed by atoms with Crippen LogP contribution in [0.3, 0.4) is 0 Å². The van der Waals surface area contributed by atoms with Gasteiger partial charge in [0.15, 0.2) is 0 Å². The van der Waals surface area contributed by atoms with Crippen LogP contribution in [0.25, 0.3) is 0 Å². The van der Waals surface area contributed by atoms with Gasteiger partial charge in [0, 0.05) is 29.6 Å². The topological polar surface area (TPSA) is 42.7 Å². The first-order valence-electron chi connectivity index (χ1n) is 6.82. The fourth-order valence-corrected chi connectivity index (χ4v) is 3.22. The van der Waals surface area contributed by atoms with Gasteiger partial charge in [0.05, 0.1) is 16.9 Å². The highest BCUT2D eigenvalue weighted by Gasteiger charge is 2.17. The maximum atomic E-state index is 4.61. The third-order valence-corrected chi connectivity index (χ3v) is 4.48. The molecule has 0 amide bonds. The number of thiazole rings is 1. The van der Waals surface area contributed by atoms with Crippen molar-refractivity contribution in [2.75, 3.05) is 7.05 Å². The van der Waals surface area contributed by atoms with Gasteiger partial charge >= 0.3 is 0 Å². The van der Waals surface area contributed by atoms with Crippen LogP contribution in [0.4, 0.5) is 0 Å². The van der Waals surface area contributed by atoms with Crippen molar-refractivity contribution in [1.82, 2.24) is 20.1 Å². The van der Waals surface area contributed by atoms with Crippen molar-refractivity contribution in [3.8, 4) is 0 Å². The van der Waals surface area contributed by atoms with Crippen LogP contribution in [-0.2, 0) is 19.4 Å². The molecule has 0 saturated carbocycles. The second-order valence-corrected chi connectivity index (χ2v) is 5.53. The van der Waals surface area contributed by atoms with Crippen LogP contribution in [-0.4, -0.2) is 21.8 Å². The number of nitrogens with one attached hydrogen (secondary N) is 1. The van der Waals surface area contributed by atoms with Gasteiger partial charge in [-0.2, -0.15) is 5.10 Å². The summed E-state index contributed by atoms with van der Waals surface area (Å²) in [6.45, 7) is 7.29. The van der Waals surface area contributed by atoms with Crippen LogP contribution < -0.4 is 5.32 Å². The molecule has 2 heterocycles. The van der Waals surface area contributed by atoms with E-state index in [9.17, 15) is 0 Å². The number of hydrogen-bond acceptors (Lipinski definition) is 4. The van der Waals surface area contributed by atoms with E-state index in [2.05, 4.69) is 46.9 Å². The summed E-state index contributed by atoms with van der Waals surface area (Å²) in [6.07, 6.45) is 1.95. The quantitative estimate of drug-likeness (QED) is 0.883. The largest absolute Gasteiger partial charge is 0.312 e. The molecule has 2 rings (SSSR count). The maximum Gasteiger partial charge on any atom is 0.0798 e. The molecule has 0 fully saturated rings. The SMILES string of the molecule is CCc1cc(CC(NC)c2scnc2C)n(CC)n1. The zero-order chi connectivity index (χ0) is 13.8. The molecule has 1 N–H and O–H groups in total. The van der Waals surface area contributed by atoms with Crippen molar-refractivity contribution in [2.45, 2.75) is 46.2 Å². The molecule has 2 aromatic heterocycles. The number of rotatable bonds is 6. The van der Waals surface area contributed by atoms with Crippen LogP contribution in [0.15, 0.2) is 11.6 Å². The van der Waals surface area contributed by atoms with Gasteiger partial charge < -0.3 is 5.32 Å². The lowest BCUT2D eigenvalue weighted by Crippen LogP contribution is -2.20. The molecule has 104 valence electrons. The molecule has 4 nitrogen and oxygen atoms in total. The molecule has 1 atom stereocenters. The smallest absolute Gasteiger partial charge is 0.0798 e. The predicted octanol–water partition coefficient (Wildman–Crippen LogP) is 2.73. The minimum atomic E-state index is 0.319. The van der Waals surface area contributed by atoms with E-state index in [0.717, 1.165) is 25.1 Å². The minimum Gasteiger partial charge on any atom is -0.312 e. The lowest BCUT2D eigenvalue weighted by molar-refractivity contribution is 0.544. The average molecular weight is 278 g/mol. The van der Waals surface area contributed by atoms with E-state index >= 15 is 0 Å². The Hall–Kier alpha value is -1.20. The standard InChI is InChI=1S/C14H22N4S/c1-5-11-7-12(18(6-2)17-11)8-13(15-4)14-10(3)16-9-19-14/h7,9,13,15H,5-6,8H2,1-4H3. The van der Waals surface area contributed by atoms with E-state index in [4.69, 9.17) is 0 Å². The lowest BCUT2D eigenvalue weighted by atomic mass is 10.1. The summed E-state index contributed by atoms with van der Waals surface area (Å²) in [5.74, 6) is 0. The van der Waals surface area contributed by atoms with Crippen molar-refractivity contribution in [3.63, 3.8) is 0 Å². The molecule has 0 bridgehead atoms. The maximum absolute atomic E-state index is 4.61. The Balaban J connectivity index is 2.23. The summed E-state index contributed by atoms with van der Waals surface area (Å²) in [6, 6.07) is 2.55. The third-order valence-electron chi connectivity index (χ3n) is 3.44. The Kier molecular flexibility index (Phi) is 4.71. The molecule has 0 aliphatic carbocycles. The van der Waals surface area contributed by atoms with Crippen LogP contribution >= 0.6 is 11.3 Å². The summed E-state index contributed by atoms with van der Waals surface area (Å²) < 4.78 is 2.11. The molecule has 0 spiro atoms. The molecule has 0 saturated heterocycles. The van der Waals surface area contributed by atoms with Gasteiger partial charge in [0.25, 0.3) is 0 Å². The third kappa shape index (κ3) is 3.04. The van der Waals surface area contributed by atoms with Gasteiger partial charge in [-0.1, -0.05) is 6.92 Å². The fraction of sp³-hybridized carbons (Fsp3) is 0.571. The second kappa shape index (κ2) is 6.30. The monoisotopic (exact) mass is 278 g/mol. The normalized spacial score (nSPS) is 12.8. The van der Waals surface area contributed by atoms with Crippen molar-refractivity contribution in [3.05, 3.63) is 33.5 Å². The van der Waals surface area contributed by atoms with Crippen molar-refractivity contribution in [1.29, 1.82) is 0 Å². The van der Waals surface area contributed by atoms with Crippen LogP contribution in [0, 0.1) is 6.92 Å². The lowest BCUT2D eigenvalue weighted by Gasteiger charge is -2.15. The summed E-state index contributed by atoms with van der Waals surface area (Å²) in [5.41, 5.74) is 5.52. The predicted molar refractivity (Wildman–Crippen MR) is 79.6 cm³/mol. The molecule has 0 aliphatic heterocycles. The molecular weight excluding hydrogens is 256 g/mol. The summed E-state index contributed by atoms with van der Waals surface area (Å²) >= 11 is 1.72. The van der Waals surface area contributed by atoms with Gasteiger partial charge in [-0.3, -0.25) is 4.68 Å². The highest BCUT2D eigenvalue weighted by Crippen LogP contribution is 2.25. The Bertz CT molecular complexity index is 529. The van der Waals surface area contributed by atoms with Gasteiger partial charge in [0.1, 0.15) is 0 Å². The van der Waals surface area contributed by atoms with E-state index in [1.807, 2.05) is 12.6 Å². The van der Waals surface area contributed by atoms with Crippen molar-refractivity contribution < 1.29 is 0 Å². The van der Waals surface area contributed by atoms with Crippen LogP contribution in [0.5, 0.6) is 0 Å². The minimum absolute atomic E-state index is 0.319. The molecule has 1 unspecified atom stereocenters. The molecule has 19 heavy (non-hydrogen) atoms. The molecule has 0 radical (unpaired) electrons. The average Bonchev–Trinajstić information content (AvgIpc) is 3.01. The molecule has 2 aromatic rings. The van der Waals surface area contributed by atoms with Gasteiger partial charge in [-0.05, 0) is 33.4 Å². The Morgan fingerprint density at radius 3 is 2.74 bits per heavy atom. The first kappa shape index (κ1) is 14.2. The van der Waals surface area contributed by atoms with Crippen molar-refractivity contribution >= 4 is 11.3 Å². The van der Waals surface area contributed by atoms with E-state index < -0.39 is 0 Å². The summed E-state index contributed by atoms with van der Waals surface area (Å²) in [5, 5.41) is 8.02. The van der Waals surface area contributed by atoms with Gasteiger partial charge in [-0.15, -0.1) is 11.3 Å². The first-order valence-corrected chi connectivity index (χ1v) is 7.70. The van der Waals surface area contributed by atoms with Crippen LogP contribution in [0.2, 0.25) is 0 Å². The number of aromatic nitrogens is 3. The number of hydrogen-bond donors (Lipinski definition) is 1.